The molecule has 0 spiro atoms. The maximum atomic E-state index is 5.27. The molecule has 0 aliphatic rings. The summed E-state index contributed by atoms with van der Waals surface area (Å²) in [5, 5.41) is 9.64. The molecule has 0 unspecified atom stereocenters. The van der Waals surface area contributed by atoms with E-state index in [2.05, 4.69) is 156 Å². The van der Waals surface area contributed by atoms with Crippen LogP contribution in [0.25, 0.3) is 103 Å². The van der Waals surface area contributed by atoms with Crippen LogP contribution in [0, 0.1) is 0 Å². The fourth-order valence-electron chi connectivity index (χ4n) is 7.81. The minimum absolute atomic E-state index is 0.642. The second kappa shape index (κ2) is 11.4. The number of fused-ring (bicyclic) bond motifs is 8. The second-order valence-electron chi connectivity index (χ2n) is 13.2. The Balaban J connectivity index is 1.25. The van der Waals surface area contributed by atoms with Crippen molar-refractivity contribution in [2.45, 2.75) is 0 Å². The highest BCUT2D eigenvalue weighted by molar-refractivity contribution is 7.26. The van der Waals surface area contributed by atoms with Crippen molar-refractivity contribution in [1.82, 2.24) is 19.5 Å². The molecule has 5 heteroatoms. The van der Waals surface area contributed by atoms with Gasteiger partial charge in [-0.15, -0.1) is 11.3 Å². The highest BCUT2D eigenvalue weighted by atomic mass is 32.1. The van der Waals surface area contributed by atoms with Gasteiger partial charge in [-0.1, -0.05) is 133 Å². The third kappa shape index (κ3) is 4.50. The number of nitrogens with zero attached hydrogens (tertiary/aromatic N) is 4. The lowest BCUT2D eigenvalue weighted by Gasteiger charge is -2.14. The monoisotopic (exact) mass is 680 g/mol. The van der Waals surface area contributed by atoms with Crippen LogP contribution in [0.2, 0.25) is 0 Å². The van der Waals surface area contributed by atoms with E-state index < -0.39 is 0 Å². The quantitative estimate of drug-likeness (QED) is 0.186. The predicted molar refractivity (Wildman–Crippen MR) is 218 cm³/mol. The van der Waals surface area contributed by atoms with E-state index in [9.17, 15) is 0 Å². The zero-order valence-corrected chi connectivity index (χ0v) is 28.7. The van der Waals surface area contributed by atoms with Crippen molar-refractivity contribution in [3.63, 3.8) is 0 Å². The number of aromatic nitrogens is 4. The molecule has 0 atom stereocenters. The molecule has 242 valence electrons. The van der Waals surface area contributed by atoms with Gasteiger partial charge in [0.1, 0.15) is 0 Å². The molecular formula is C47H28N4S. The van der Waals surface area contributed by atoms with E-state index in [0.29, 0.717) is 17.5 Å². The summed E-state index contributed by atoms with van der Waals surface area (Å²) in [5.41, 5.74) is 6.33. The summed E-state index contributed by atoms with van der Waals surface area (Å²) in [7, 11) is 0. The fraction of sp³-hybridized carbons (Fsp3) is 0. The summed E-state index contributed by atoms with van der Waals surface area (Å²) >= 11 is 1.81. The Hall–Kier alpha value is -6.69. The van der Waals surface area contributed by atoms with Crippen molar-refractivity contribution < 1.29 is 0 Å². The molecule has 3 heterocycles. The molecule has 0 aliphatic heterocycles. The van der Waals surface area contributed by atoms with Crippen molar-refractivity contribution in [2.75, 3.05) is 0 Å². The molecule has 0 radical (unpaired) electrons. The molecule has 0 fully saturated rings. The lowest BCUT2D eigenvalue weighted by molar-refractivity contribution is 1.07. The van der Waals surface area contributed by atoms with Crippen LogP contribution in [0.4, 0.5) is 0 Å². The zero-order valence-electron chi connectivity index (χ0n) is 27.9. The Labute approximate surface area is 302 Å². The van der Waals surface area contributed by atoms with E-state index in [4.69, 9.17) is 15.0 Å². The Morgan fingerprint density at radius 2 is 1.02 bits per heavy atom. The van der Waals surface area contributed by atoms with Gasteiger partial charge >= 0.3 is 0 Å². The molecule has 4 nitrogen and oxygen atoms in total. The van der Waals surface area contributed by atoms with Gasteiger partial charge in [0.25, 0.3) is 0 Å². The van der Waals surface area contributed by atoms with Gasteiger partial charge in [-0.3, -0.25) is 0 Å². The Morgan fingerprint density at radius 1 is 0.385 bits per heavy atom. The summed E-state index contributed by atoms with van der Waals surface area (Å²) in [6.45, 7) is 0. The molecule has 0 saturated heterocycles. The number of hydrogen-bond donors (Lipinski definition) is 0. The van der Waals surface area contributed by atoms with Gasteiger partial charge in [-0.25, -0.2) is 15.0 Å². The standard InChI is InChI=1S/C47H28N4S/c1-2-14-30(15-3-1)45-48-46(50-47(49-45)36-22-12-18-29-13-6-7-19-34(29)36)33-27-41(44-37-21-9-11-24-42(37)52-43(44)28-33)51-39-23-10-8-20-35(39)38-25-31-16-4-5-17-32(31)26-40(38)51/h1-28H. The number of thiophene rings is 1. The van der Waals surface area contributed by atoms with E-state index in [1.807, 2.05) is 29.5 Å². The molecular weight excluding hydrogens is 653 g/mol. The SMILES string of the molecule is c1ccc(-c2nc(-c3cc(-n4c5ccccc5c5cc6ccccc6cc54)c4c(c3)sc3ccccc34)nc(-c3cccc4ccccc34)n2)cc1. The molecule has 8 aromatic carbocycles. The van der Waals surface area contributed by atoms with Crippen LogP contribution in [-0.2, 0) is 0 Å². The first kappa shape index (κ1) is 29.1. The second-order valence-corrected chi connectivity index (χ2v) is 14.3. The Bertz CT molecular complexity index is 3190. The maximum absolute atomic E-state index is 5.27. The third-order valence-corrected chi connectivity index (χ3v) is 11.3. The van der Waals surface area contributed by atoms with Gasteiger partial charge in [-0.2, -0.15) is 0 Å². The Morgan fingerprint density at radius 3 is 1.87 bits per heavy atom. The topological polar surface area (TPSA) is 43.6 Å². The van der Waals surface area contributed by atoms with Gasteiger partial charge in [0.15, 0.2) is 17.5 Å². The Kier molecular flexibility index (Phi) is 6.39. The summed E-state index contributed by atoms with van der Waals surface area (Å²) in [6, 6.07) is 60.3. The minimum atomic E-state index is 0.642. The molecule has 0 saturated carbocycles. The average Bonchev–Trinajstić information content (AvgIpc) is 3.75. The summed E-state index contributed by atoms with van der Waals surface area (Å²) in [4.78, 5) is 15.6. The van der Waals surface area contributed by atoms with E-state index >= 15 is 0 Å². The summed E-state index contributed by atoms with van der Waals surface area (Å²) in [6.07, 6.45) is 0. The maximum Gasteiger partial charge on any atom is 0.164 e. The fourth-order valence-corrected chi connectivity index (χ4v) is 8.98. The zero-order chi connectivity index (χ0) is 34.2. The largest absolute Gasteiger partial charge is 0.309 e. The molecule has 11 aromatic rings. The van der Waals surface area contributed by atoms with Crippen LogP contribution in [0.5, 0.6) is 0 Å². The molecule has 0 amide bonds. The van der Waals surface area contributed by atoms with Crippen LogP contribution < -0.4 is 0 Å². The normalized spacial score (nSPS) is 11.8. The summed E-state index contributed by atoms with van der Waals surface area (Å²) < 4.78 is 4.89. The van der Waals surface area contributed by atoms with Crippen molar-refractivity contribution >= 4 is 74.9 Å². The molecule has 0 aliphatic carbocycles. The number of rotatable bonds is 4. The van der Waals surface area contributed by atoms with Gasteiger partial charge in [-0.05, 0) is 57.9 Å². The van der Waals surface area contributed by atoms with E-state index in [1.165, 1.54) is 52.8 Å². The number of para-hydroxylation sites is 1. The molecule has 52 heavy (non-hydrogen) atoms. The van der Waals surface area contributed by atoms with Crippen molar-refractivity contribution in [1.29, 1.82) is 0 Å². The third-order valence-electron chi connectivity index (χ3n) is 10.2. The molecule has 0 bridgehead atoms. The van der Waals surface area contributed by atoms with Crippen LogP contribution >= 0.6 is 11.3 Å². The van der Waals surface area contributed by atoms with E-state index in [-0.39, 0.29) is 0 Å². The van der Waals surface area contributed by atoms with E-state index in [1.54, 1.807) is 0 Å². The molecule has 11 rings (SSSR count). The van der Waals surface area contributed by atoms with Crippen LogP contribution in [0.15, 0.2) is 170 Å². The lowest BCUT2D eigenvalue weighted by Crippen LogP contribution is -2.02. The van der Waals surface area contributed by atoms with Crippen LogP contribution in [-0.4, -0.2) is 19.5 Å². The summed E-state index contributed by atoms with van der Waals surface area (Å²) in [5.74, 6) is 1.94. The van der Waals surface area contributed by atoms with Gasteiger partial charge in [0.2, 0.25) is 0 Å². The molecule has 0 N–H and O–H groups in total. The first-order chi connectivity index (χ1) is 25.8. The highest BCUT2D eigenvalue weighted by Crippen LogP contribution is 2.44. The van der Waals surface area contributed by atoms with Gasteiger partial charge in [0, 0.05) is 47.6 Å². The number of benzene rings is 8. The van der Waals surface area contributed by atoms with Crippen molar-refractivity contribution in [3.8, 4) is 39.9 Å². The first-order valence-corrected chi connectivity index (χ1v) is 18.3. The average molecular weight is 681 g/mol. The minimum Gasteiger partial charge on any atom is -0.309 e. The lowest BCUT2D eigenvalue weighted by atomic mass is 10.0. The van der Waals surface area contributed by atoms with Crippen molar-refractivity contribution in [2.24, 2.45) is 0 Å². The van der Waals surface area contributed by atoms with Gasteiger partial charge in [0.05, 0.1) is 16.7 Å². The van der Waals surface area contributed by atoms with Gasteiger partial charge < -0.3 is 4.57 Å². The highest BCUT2D eigenvalue weighted by Gasteiger charge is 2.21. The van der Waals surface area contributed by atoms with Crippen molar-refractivity contribution in [3.05, 3.63) is 170 Å². The predicted octanol–water partition coefficient (Wildman–Crippen LogP) is 12.6. The first-order valence-electron chi connectivity index (χ1n) is 17.4. The molecule has 3 aromatic heterocycles. The van der Waals surface area contributed by atoms with E-state index in [0.717, 1.165) is 33.2 Å². The number of hydrogen-bond acceptors (Lipinski definition) is 4. The van der Waals surface area contributed by atoms with Crippen LogP contribution in [0.1, 0.15) is 0 Å². The van der Waals surface area contributed by atoms with Crippen LogP contribution in [0.3, 0.4) is 0 Å². The smallest absolute Gasteiger partial charge is 0.164 e.